The number of carbonyl (C=O) groups excluding carboxylic acids is 1. The van der Waals surface area contributed by atoms with Crippen molar-refractivity contribution >= 4 is 15.7 Å². The molecule has 0 rings (SSSR count). The van der Waals surface area contributed by atoms with Crippen LogP contribution in [0.25, 0.3) is 0 Å². The Labute approximate surface area is 69.2 Å². The highest BCUT2D eigenvalue weighted by Gasteiger charge is 2.20. The molecule has 0 aromatic carbocycles. The third-order valence-electron chi connectivity index (χ3n) is 1.39. The lowest BCUT2D eigenvalue weighted by molar-refractivity contribution is 0.0409. The Morgan fingerprint density at radius 1 is 1.64 bits per heavy atom. The standard InChI is InChI=1S/C7H14O3Si/c1-5-9-6(8)10-7(2,3)11-4/h5H,1,11H2,2-4H3. The first-order valence-electron chi connectivity index (χ1n) is 3.52. The van der Waals surface area contributed by atoms with Crippen LogP contribution in [0.5, 0.6) is 0 Å². The highest BCUT2D eigenvalue weighted by molar-refractivity contribution is 6.37. The highest BCUT2D eigenvalue weighted by atomic mass is 28.2. The maximum Gasteiger partial charge on any atom is 0.513 e. The van der Waals surface area contributed by atoms with E-state index in [2.05, 4.69) is 17.9 Å². The Kier molecular flexibility index (Phi) is 3.88. The average Bonchev–Trinajstić information content (AvgIpc) is 1.87. The van der Waals surface area contributed by atoms with E-state index in [-0.39, 0.29) is 14.7 Å². The second kappa shape index (κ2) is 4.18. The second-order valence-electron chi connectivity index (χ2n) is 2.75. The molecule has 0 aromatic heterocycles. The third kappa shape index (κ3) is 4.61. The summed E-state index contributed by atoms with van der Waals surface area (Å²) >= 11 is 0. The van der Waals surface area contributed by atoms with Crippen LogP contribution in [0, 0.1) is 0 Å². The molecule has 0 aliphatic rings. The summed E-state index contributed by atoms with van der Waals surface area (Å²) in [6.45, 7) is 9.07. The molecule has 3 nitrogen and oxygen atoms in total. The van der Waals surface area contributed by atoms with E-state index in [9.17, 15) is 4.79 Å². The van der Waals surface area contributed by atoms with E-state index >= 15 is 0 Å². The van der Waals surface area contributed by atoms with Crippen LogP contribution in [0.1, 0.15) is 13.8 Å². The largest absolute Gasteiger partial charge is 0.513 e. The van der Waals surface area contributed by atoms with Crippen molar-refractivity contribution in [1.29, 1.82) is 0 Å². The zero-order valence-electron chi connectivity index (χ0n) is 7.22. The van der Waals surface area contributed by atoms with Crippen LogP contribution in [-0.4, -0.2) is 20.9 Å². The van der Waals surface area contributed by atoms with Crippen LogP contribution in [0.3, 0.4) is 0 Å². The maximum absolute atomic E-state index is 10.7. The number of hydrogen-bond acceptors (Lipinski definition) is 3. The first kappa shape index (κ1) is 10.2. The normalized spacial score (nSPS) is 11.5. The van der Waals surface area contributed by atoms with Crippen LogP contribution in [0.2, 0.25) is 6.55 Å². The molecule has 0 bridgehead atoms. The molecule has 11 heavy (non-hydrogen) atoms. The Morgan fingerprint density at radius 3 is 2.55 bits per heavy atom. The van der Waals surface area contributed by atoms with Gasteiger partial charge in [-0.2, -0.15) is 0 Å². The van der Waals surface area contributed by atoms with Crippen molar-refractivity contribution in [1.82, 2.24) is 0 Å². The summed E-state index contributed by atoms with van der Waals surface area (Å²) in [6, 6.07) is 0. The summed E-state index contributed by atoms with van der Waals surface area (Å²) < 4.78 is 9.36. The van der Waals surface area contributed by atoms with Gasteiger partial charge in [0.25, 0.3) is 0 Å². The molecule has 0 aliphatic carbocycles. The van der Waals surface area contributed by atoms with Crippen molar-refractivity contribution in [3.8, 4) is 0 Å². The fraction of sp³-hybridized carbons (Fsp3) is 0.571. The van der Waals surface area contributed by atoms with Crippen molar-refractivity contribution in [2.45, 2.75) is 25.6 Å². The Bertz CT molecular complexity index is 154. The van der Waals surface area contributed by atoms with Gasteiger partial charge in [0.1, 0.15) is 0 Å². The lowest BCUT2D eigenvalue weighted by Gasteiger charge is -2.21. The minimum atomic E-state index is -0.667. The zero-order chi connectivity index (χ0) is 8.91. The SMILES string of the molecule is C=COC(=O)OC(C)(C)[SiH2]C. The van der Waals surface area contributed by atoms with Gasteiger partial charge in [-0.05, 0) is 13.8 Å². The van der Waals surface area contributed by atoms with Gasteiger partial charge in [-0.3, -0.25) is 0 Å². The lowest BCUT2D eigenvalue weighted by atomic mass is 10.5. The van der Waals surface area contributed by atoms with Gasteiger partial charge in [-0.1, -0.05) is 13.1 Å². The van der Waals surface area contributed by atoms with Gasteiger partial charge in [0, 0.05) is 0 Å². The zero-order valence-corrected chi connectivity index (χ0v) is 8.63. The van der Waals surface area contributed by atoms with E-state index in [0.29, 0.717) is 0 Å². The van der Waals surface area contributed by atoms with Crippen LogP contribution < -0.4 is 0 Å². The van der Waals surface area contributed by atoms with E-state index in [1.165, 1.54) is 0 Å². The predicted molar refractivity (Wildman–Crippen MR) is 46.3 cm³/mol. The molecular formula is C7H14O3Si. The van der Waals surface area contributed by atoms with Gasteiger partial charge in [0.15, 0.2) is 0 Å². The van der Waals surface area contributed by atoms with E-state index in [0.717, 1.165) is 6.26 Å². The molecule has 0 atom stereocenters. The molecule has 0 N–H and O–H groups in total. The fourth-order valence-electron chi connectivity index (χ4n) is 0.390. The first-order chi connectivity index (χ1) is 5.02. The second-order valence-corrected chi connectivity index (χ2v) is 5.16. The summed E-state index contributed by atoms with van der Waals surface area (Å²) in [5.74, 6) is 0. The highest BCUT2D eigenvalue weighted by Crippen LogP contribution is 2.07. The number of hydrogen-bond donors (Lipinski definition) is 0. The minimum absolute atomic E-state index is 0.319. The van der Waals surface area contributed by atoms with Gasteiger partial charge in [0.2, 0.25) is 0 Å². The predicted octanol–water partition coefficient (Wildman–Crippen LogP) is 1.24. The topological polar surface area (TPSA) is 35.5 Å². The quantitative estimate of drug-likeness (QED) is 0.367. The van der Waals surface area contributed by atoms with Gasteiger partial charge >= 0.3 is 6.16 Å². The first-order valence-corrected chi connectivity index (χ1v) is 5.64. The van der Waals surface area contributed by atoms with Crippen LogP contribution in [0.15, 0.2) is 12.8 Å². The smallest absolute Gasteiger partial charge is 0.433 e. The van der Waals surface area contributed by atoms with Crippen molar-refractivity contribution in [2.24, 2.45) is 0 Å². The molecule has 0 spiro atoms. The Morgan fingerprint density at radius 2 is 2.18 bits per heavy atom. The lowest BCUT2D eigenvalue weighted by Crippen LogP contribution is -2.32. The molecule has 4 heteroatoms. The monoisotopic (exact) mass is 174 g/mol. The summed E-state index contributed by atoms with van der Waals surface area (Å²) in [7, 11) is -0.375. The molecule has 0 aromatic rings. The van der Waals surface area contributed by atoms with Gasteiger partial charge in [-0.25, -0.2) is 4.79 Å². The molecule has 0 saturated heterocycles. The van der Waals surface area contributed by atoms with E-state index in [1.807, 2.05) is 13.8 Å². The Balaban J connectivity index is 3.82. The molecule has 64 valence electrons. The minimum Gasteiger partial charge on any atom is -0.433 e. The molecule has 0 heterocycles. The molecule has 0 fully saturated rings. The van der Waals surface area contributed by atoms with Crippen molar-refractivity contribution in [3.63, 3.8) is 0 Å². The average molecular weight is 174 g/mol. The van der Waals surface area contributed by atoms with Crippen LogP contribution >= 0.6 is 0 Å². The van der Waals surface area contributed by atoms with Crippen molar-refractivity contribution < 1.29 is 14.3 Å². The molecular weight excluding hydrogens is 160 g/mol. The summed E-state index contributed by atoms with van der Waals surface area (Å²) in [5, 5.41) is -0.319. The van der Waals surface area contributed by atoms with E-state index in [1.54, 1.807) is 0 Å². The van der Waals surface area contributed by atoms with Crippen LogP contribution in [0.4, 0.5) is 4.79 Å². The summed E-state index contributed by atoms with van der Waals surface area (Å²) in [4.78, 5) is 10.7. The number of ether oxygens (including phenoxy) is 2. The molecule has 0 unspecified atom stereocenters. The summed E-state index contributed by atoms with van der Waals surface area (Å²) in [5.41, 5.74) is 0. The van der Waals surface area contributed by atoms with E-state index in [4.69, 9.17) is 4.74 Å². The van der Waals surface area contributed by atoms with Crippen molar-refractivity contribution in [3.05, 3.63) is 12.8 Å². The molecule has 0 radical (unpaired) electrons. The number of rotatable bonds is 3. The molecule has 0 amide bonds. The Hall–Kier alpha value is -0.773. The summed E-state index contributed by atoms with van der Waals surface area (Å²) in [6.07, 6.45) is 0.398. The molecule has 0 saturated carbocycles. The fourth-order valence-corrected chi connectivity index (χ4v) is 0.652. The maximum atomic E-state index is 10.7. The van der Waals surface area contributed by atoms with Crippen LogP contribution in [-0.2, 0) is 9.47 Å². The van der Waals surface area contributed by atoms with Gasteiger partial charge in [-0.15, -0.1) is 0 Å². The van der Waals surface area contributed by atoms with Crippen molar-refractivity contribution in [2.75, 3.05) is 0 Å². The van der Waals surface area contributed by atoms with E-state index < -0.39 is 6.16 Å². The molecule has 0 aliphatic heterocycles. The van der Waals surface area contributed by atoms with Gasteiger partial charge in [0.05, 0.1) is 21.0 Å². The third-order valence-corrected chi connectivity index (χ3v) is 3.24. The van der Waals surface area contributed by atoms with Gasteiger partial charge < -0.3 is 9.47 Å². The number of carbonyl (C=O) groups is 1.